The van der Waals surface area contributed by atoms with Crippen LogP contribution >= 0.6 is 12.4 Å². The van der Waals surface area contributed by atoms with Gasteiger partial charge in [-0.25, -0.2) is 0 Å². The van der Waals surface area contributed by atoms with Crippen molar-refractivity contribution in [3.8, 4) is 0 Å². The maximum atomic E-state index is 12.3. The zero-order valence-corrected chi connectivity index (χ0v) is 17.3. The van der Waals surface area contributed by atoms with Gasteiger partial charge >= 0.3 is 0 Å². The second-order valence-corrected chi connectivity index (χ2v) is 7.32. The summed E-state index contributed by atoms with van der Waals surface area (Å²) in [6.07, 6.45) is 3.49. The highest BCUT2D eigenvalue weighted by Gasteiger charge is 2.21. The Hall–Kier alpha value is -1.79. The van der Waals surface area contributed by atoms with Gasteiger partial charge in [0.2, 0.25) is 11.8 Å². The number of nitrogens with two attached hydrogens (primary N) is 1. The molecule has 0 bridgehead atoms. The normalized spacial score (nSPS) is 16.8. The molecule has 1 saturated heterocycles. The van der Waals surface area contributed by atoms with Crippen molar-refractivity contribution in [1.82, 2.24) is 5.32 Å². The number of carbonyl (C=O) groups excluding carboxylic acids is 2. The van der Waals surface area contributed by atoms with Gasteiger partial charge in [0, 0.05) is 36.9 Å². The van der Waals surface area contributed by atoms with Gasteiger partial charge in [-0.1, -0.05) is 26.3 Å². The lowest BCUT2D eigenvalue weighted by Crippen LogP contribution is -2.48. The Morgan fingerprint density at radius 1 is 1.22 bits per heavy atom. The molecule has 0 aliphatic carbocycles. The van der Waals surface area contributed by atoms with Gasteiger partial charge < -0.3 is 21.3 Å². The molecular formula is C20H33ClN4O2. The number of hydrogen-bond donors (Lipinski definition) is 3. The fourth-order valence-electron chi connectivity index (χ4n) is 3.15. The summed E-state index contributed by atoms with van der Waals surface area (Å²) in [4.78, 5) is 26.7. The van der Waals surface area contributed by atoms with E-state index in [-0.39, 0.29) is 42.6 Å². The number of rotatable bonds is 8. The van der Waals surface area contributed by atoms with Gasteiger partial charge in [0.25, 0.3) is 0 Å². The Kier molecular flexibility index (Phi) is 9.60. The van der Waals surface area contributed by atoms with Crippen molar-refractivity contribution >= 4 is 35.6 Å². The molecule has 0 radical (unpaired) electrons. The van der Waals surface area contributed by atoms with Crippen molar-refractivity contribution < 1.29 is 9.59 Å². The molecule has 0 spiro atoms. The van der Waals surface area contributed by atoms with E-state index in [1.165, 1.54) is 12.8 Å². The second kappa shape index (κ2) is 11.1. The van der Waals surface area contributed by atoms with E-state index in [2.05, 4.69) is 21.6 Å². The molecule has 152 valence electrons. The molecule has 0 saturated carbocycles. The smallest absolute Gasteiger partial charge is 0.237 e. The SMILES string of the molecule is CCC(C)C(N)C(=O)NC(C)CC(=O)Nc1cccc(N2CCCC2)c1.Cl. The Balaban J connectivity index is 0.00000364. The van der Waals surface area contributed by atoms with E-state index in [1.807, 2.05) is 39.0 Å². The first-order valence-corrected chi connectivity index (χ1v) is 9.61. The van der Waals surface area contributed by atoms with Crippen LogP contribution in [-0.2, 0) is 9.59 Å². The first kappa shape index (κ1) is 23.2. The monoisotopic (exact) mass is 396 g/mol. The maximum Gasteiger partial charge on any atom is 0.237 e. The molecule has 1 aromatic rings. The zero-order valence-electron chi connectivity index (χ0n) is 16.5. The molecular weight excluding hydrogens is 364 g/mol. The van der Waals surface area contributed by atoms with Crippen LogP contribution in [0.1, 0.15) is 46.5 Å². The number of nitrogens with one attached hydrogen (secondary N) is 2. The molecule has 1 aliphatic rings. The summed E-state index contributed by atoms with van der Waals surface area (Å²) in [6, 6.07) is 7.12. The minimum Gasteiger partial charge on any atom is -0.371 e. The van der Waals surface area contributed by atoms with Crippen LogP contribution in [0.2, 0.25) is 0 Å². The largest absolute Gasteiger partial charge is 0.371 e. The van der Waals surface area contributed by atoms with Crippen molar-refractivity contribution in [3.05, 3.63) is 24.3 Å². The number of halogens is 1. The number of hydrogen-bond acceptors (Lipinski definition) is 4. The summed E-state index contributed by atoms with van der Waals surface area (Å²) in [5, 5.41) is 5.76. The Morgan fingerprint density at radius 2 is 1.89 bits per heavy atom. The van der Waals surface area contributed by atoms with Crippen LogP contribution in [0.25, 0.3) is 0 Å². The van der Waals surface area contributed by atoms with Crippen LogP contribution in [0.3, 0.4) is 0 Å². The average Bonchev–Trinajstić information content (AvgIpc) is 3.14. The van der Waals surface area contributed by atoms with Gasteiger partial charge in [0.15, 0.2) is 0 Å². The van der Waals surface area contributed by atoms with E-state index in [9.17, 15) is 9.59 Å². The van der Waals surface area contributed by atoms with Gasteiger partial charge in [-0.3, -0.25) is 9.59 Å². The number of anilines is 2. The Labute approximate surface area is 168 Å². The highest BCUT2D eigenvalue weighted by Crippen LogP contribution is 2.23. The van der Waals surface area contributed by atoms with Crippen molar-refractivity contribution in [1.29, 1.82) is 0 Å². The summed E-state index contributed by atoms with van der Waals surface area (Å²) >= 11 is 0. The number of benzene rings is 1. The van der Waals surface area contributed by atoms with Crippen molar-refractivity contribution in [2.24, 2.45) is 11.7 Å². The van der Waals surface area contributed by atoms with Crippen LogP contribution in [0, 0.1) is 5.92 Å². The van der Waals surface area contributed by atoms with Crippen LogP contribution in [0.15, 0.2) is 24.3 Å². The summed E-state index contributed by atoms with van der Waals surface area (Å²) in [5.41, 5.74) is 7.86. The quantitative estimate of drug-likeness (QED) is 0.630. The van der Waals surface area contributed by atoms with E-state index >= 15 is 0 Å². The molecule has 6 nitrogen and oxygen atoms in total. The summed E-state index contributed by atoms with van der Waals surface area (Å²) in [6.45, 7) is 7.91. The molecule has 3 unspecified atom stereocenters. The molecule has 0 aromatic heterocycles. The third-order valence-electron chi connectivity index (χ3n) is 5.04. The average molecular weight is 397 g/mol. The predicted molar refractivity (Wildman–Crippen MR) is 113 cm³/mol. The van der Waals surface area contributed by atoms with E-state index < -0.39 is 6.04 Å². The molecule has 1 aliphatic heterocycles. The van der Waals surface area contributed by atoms with Gasteiger partial charge in [0.05, 0.1) is 6.04 Å². The molecule has 1 heterocycles. The lowest BCUT2D eigenvalue weighted by Gasteiger charge is -2.21. The van der Waals surface area contributed by atoms with E-state index in [0.29, 0.717) is 0 Å². The van der Waals surface area contributed by atoms with Gasteiger partial charge in [0.1, 0.15) is 0 Å². The fraction of sp³-hybridized carbons (Fsp3) is 0.600. The molecule has 2 rings (SSSR count). The Bertz CT molecular complexity index is 620. The molecule has 1 fully saturated rings. The lowest BCUT2D eigenvalue weighted by atomic mass is 9.99. The third-order valence-corrected chi connectivity index (χ3v) is 5.04. The molecule has 1 aromatic carbocycles. The van der Waals surface area contributed by atoms with Crippen molar-refractivity contribution in [2.75, 3.05) is 23.3 Å². The first-order valence-electron chi connectivity index (χ1n) is 9.61. The minimum atomic E-state index is -0.539. The number of amides is 2. The van der Waals surface area contributed by atoms with E-state index in [0.717, 1.165) is 30.9 Å². The fourth-order valence-corrected chi connectivity index (χ4v) is 3.15. The van der Waals surface area contributed by atoms with Crippen molar-refractivity contribution in [2.45, 2.75) is 58.5 Å². The van der Waals surface area contributed by atoms with E-state index in [1.54, 1.807) is 0 Å². The zero-order chi connectivity index (χ0) is 19.1. The summed E-state index contributed by atoms with van der Waals surface area (Å²) in [7, 11) is 0. The van der Waals surface area contributed by atoms with Crippen LogP contribution in [0.5, 0.6) is 0 Å². The van der Waals surface area contributed by atoms with Crippen molar-refractivity contribution in [3.63, 3.8) is 0 Å². The highest BCUT2D eigenvalue weighted by atomic mass is 35.5. The summed E-state index contributed by atoms with van der Waals surface area (Å²) < 4.78 is 0. The van der Waals surface area contributed by atoms with Crippen LogP contribution < -0.4 is 21.3 Å². The molecule has 7 heteroatoms. The minimum absolute atomic E-state index is 0. The number of nitrogens with zero attached hydrogens (tertiary/aromatic N) is 1. The molecule has 3 atom stereocenters. The summed E-state index contributed by atoms with van der Waals surface area (Å²) in [5.74, 6) is -0.200. The second-order valence-electron chi connectivity index (χ2n) is 7.32. The van der Waals surface area contributed by atoms with Gasteiger partial charge in [-0.2, -0.15) is 0 Å². The Morgan fingerprint density at radius 3 is 2.52 bits per heavy atom. The standard InChI is InChI=1S/C20H32N4O2.ClH/c1-4-14(2)19(21)20(26)22-15(3)12-18(25)23-16-8-7-9-17(13-16)24-10-5-6-11-24;/h7-9,13-15,19H,4-6,10-12,21H2,1-3H3,(H,22,26)(H,23,25);1H. The lowest BCUT2D eigenvalue weighted by molar-refractivity contribution is -0.124. The molecule has 2 amide bonds. The molecule has 4 N–H and O–H groups in total. The predicted octanol–water partition coefficient (Wildman–Crippen LogP) is 2.92. The van der Waals surface area contributed by atoms with Crippen LogP contribution in [0.4, 0.5) is 11.4 Å². The third kappa shape index (κ3) is 7.03. The van der Waals surface area contributed by atoms with Gasteiger partial charge in [-0.05, 0) is 43.9 Å². The van der Waals surface area contributed by atoms with Gasteiger partial charge in [-0.15, -0.1) is 12.4 Å². The van der Waals surface area contributed by atoms with Crippen LogP contribution in [-0.4, -0.2) is 37.0 Å². The maximum absolute atomic E-state index is 12.3. The topological polar surface area (TPSA) is 87.5 Å². The molecule has 27 heavy (non-hydrogen) atoms. The van der Waals surface area contributed by atoms with E-state index in [4.69, 9.17) is 5.73 Å². The first-order chi connectivity index (χ1) is 12.4. The highest BCUT2D eigenvalue weighted by molar-refractivity contribution is 5.92. The number of carbonyl (C=O) groups is 2.